The van der Waals surface area contributed by atoms with E-state index < -0.39 is 0 Å². The van der Waals surface area contributed by atoms with E-state index in [2.05, 4.69) is 33.0 Å². The lowest BCUT2D eigenvalue weighted by Crippen LogP contribution is -2.30. The Morgan fingerprint density at radius 3 is 2.94 bits per heavy atom. The molecule has 3 rings (SSSR count). The molecule has 0 radical (unpaired) electrons. The molecule has 88 valence electrons. The smallest absolute Gasteiger partial charge is 0.0701 e. The lowest BCUT2D eigenvalue weighted by atomic mass is 9.98. The van der Waals surface area contributed by atoms with E-state index in [-0.39, 0.29) is 0 Å². The molecular weight excluding hydrogens is 284 g/mol. The van der Waals surface area contributed by atoms with Crippen LogP contribution < -0.4 is 5.73 Å². The van der Waals surface area contributed by atoms with Gasteiger partial charge in [-0.2, -0.15) is 0 Å². The maximum absolute atomic E-state index is 6.15. The maximum atomic E-state index is 6.15. The molecule has 16 heavy (non-hydrogen) atoms. The van der Waals surface area contributed by atoms with Gasteiger partial charge < -0.3 is 5.73 Å². The summed E-state index contributed by atoms with van der Waals surface area (Å²) in [5.41, 5.74) is 6.15. The zero-order valence-corrected chi connectivity index (χ0v) is 11.6. The molecular formula is C12H17BrN2S. The zero-order valence-electron chi connectivity index (χ0n) is 9.23. The third-order valence-electron chi connectivity index (χ3n) is 4.00. The Balaban J connectivity index is 1.62. The summed E-state index contributed by atoms with van der Waals surface area (Å²) in [6.07, 6.45) is 2.59. The van der Waals surface area contributed by atoms with Crippen molar-refractivity contribution < 1.29 is 0 Å². The summed E-state index contributed by atoms with van der Waals surface area (Å²) >= 11 is 5.37. The number of nitrogens with two attached hydrogens (primary N) is 1. The van der Waals surface area contributed by atoms with E-state index in [0.29, 0.717) is 6.04 Å². The minimum Gasteiger partial charge on any atom is -0.327 e. The lowest BCUT2D eigenvalue weighted by molar-refractivity contribution is 0.301. The fraction of sp³-hybridized carbons (Fsp3) is 0.667. The Hall–Kier alpha value is 0.1000. The van der Waals surface area contributed by atoms with E-state index in [0.717, 1.165) is 18.4 Å². The third kappa shape index (κ3) is 2.08. The quantitative estimate of drug-likeness (QED) is 0.910. The number of thiophene rings is 1. The van der Waals surface area contributed by atoms with Crippen LogP contribution in [-0.2, 0) is 6.54 Å². The Kier molecular flexibility index (Phi) is 3.09. The zero-order chi connectivity index (χ0) is 11.1. The predicted octanol–water partition coefficient (Wildman–Crippen LogP) is 2.68. The molecule has 3 unspecified atom stereocenters. The Labute approximate surface area is 109 Å². The molecule has 1 aromatic heterocycles. The van der Waals surface area contributed by atoms with E-state index in [1.807, 2.05) is 11.3 Å². The van der Waals surface area contributed by atoms with Crippen molar-refractivity contribution in [2.75, 3.05) is 13.1 Å². The summed E-state index contributed by atoms with van der Waals surface area (Å²) in [6.45, 7) is 3.57. The van der Waals surface area contributed by atoms with Crippen LogP contribution in [-0.4, -0.2) is 24.0 Å². The van der Waals surface area contributed by atoms with Gasteiger partial charge in [-0.25, -0.2) is 0 Å². The molecule has 1 aliphatic heterocycles. The number of nitrogens with zero attached hydrogens (tertiary/aromatic N) is 1. The van der Waals surface area contributed by atoms with Gasteiger partial charge in [-0.1, -0.05) is 0 Å². The van der Waals surface area contributed by atoms with Crippen LogP contribution >= 0.6 is 27.3 Å². The fourth-order valence-corrected chi connectivity index (χ4v) is 4.71. The molecule has 3 atom stereocenters. The minimum absolute atomic E-state index is 0.463. The van der Waals surface area contributed by atoms with Crippen molar-refractivity contribution in [3.05, 3.63) is 20.8 Å². The van der Waals surface area contributed by atoms with Crippen molar-refractivity contribution in [1.82, 2.24) is 4.90 Å². The molecule has 2 N–H and O–H groups in total. The van der Waals surface area contributed by atoms with E-state index in [1.165, 1.54) is 34.6 Å². The monoisotopic (exact) mass is 300 g/mol. The molecule has 1 aromatic rings. The summed E-state index contributed by atoms with van der Waals surface area (Å²) in [7, 11) is 0. The minimum atomic E-state index is 0.463. The van der Waals surface area contributed by atoms with Gasteiger partial charge in [0.25, 0.3) is 0 Å². The first-order chi connectivity index (χ1) is 7.72. The normalized spacial score (nSPS) is 34.5. The first-order valence-corrected chi connectivity index (χ1v) is 7.55. The van der Waals surface area contributed by atoms with Gasteiger partial charge in [-0.05, 0) is 52.7 Å². The molecule has 4 heteroatoms. The van der Waals surface area contributed by atoms with Gasteiger partial charge >= 0.3 is 0 Å². The van der Waals surface area contributed by atoms with E-state index in [4.69, 9.17) is 5.73 Å². The summed E-state index contributed by atoms with van der Waals surface area (Å²) in [5.74, 6) is 1.64. The van der Waals surface area contributed by atoms with Crippen LogP contribution in [0.3, 0.4) is 0 Å². The standard InChI is InChI=1S/C12H17BrN2S/c13-12-4-2-9(16-12)6-15-5-8-1-3-11(14)10(8)7-15/h2,4,8,10-11H,1,3,5-7,14H2. The van der Waals surface area contributed by atoms with Crippen LogP contribution in [0.1, 0.15) is 17.7 Å². The largest absolute Gasteiger partial charge is 0.327 e. The van der Waals surface area contributed by atoms with Gasteiger partial charge in [0, 0.05) is 30.6 Å². The van der Waals surface area contributed by atoms with Crippen molar-refractivity contribution in [3.8, 4) is 0 Å². The highest BCUT2D eigenvalue weighted by molar-refractivity contribution is 9.11. The highest BCUT2D eigenvalue weighted by Gasteiger charge is 2.40. The Morgan fingerprint density at radius 1 is 1.38 bits per heavy atom. The molecule has 0 bridgehead atoms. The van der Waals surface area contributed by atoms with E-state index in [1.54, 1.807) is 0 Å². The van der Waals surface area contributed by atoms with Crippen molar-refractivity contribution in [2.45, 2.75) is 25.4 Å². The number of fused-ring (bicyclic) bond motifs is 1. The molecule has 2 fully saturated rings. The van der Waals surface area contributed by atoms with Crippen LogP contribution in [0.15, 0.2) is 15.9 Å². The summed E-state index contributed by atoms with van der Waals surface area (Å²) in [6, 6.07) is 4.83. The summed E-state index contributed by atoms with van der Waals surface area (Å²) < 4.78 is 1.23. The number of likely N-dealkylation sites (tertiary alicyclic amines) is 1. The van der Waals surface area contributed by atoms with Gasteiger partial charge in [0.05, 0.1) is 3.79 Å². The second-order valence-electron chi connectivity index (χ2n) is 5.07. The Bertz CT molecular complexity index is 379. The summed E-state index contributed by atoms with van der Waals surface area (Å²) in [4.78, 5) is 4.03. The lowest BCUT2D eigenvalue weighted by Gasteiger charge is -2.17. The van der Waals surface area contributed by atoms with Gasteiger partial charge in [0.15, 0.2) is 0 Å². The highest BCUT2D eigenvalue weighted by Crippen LogP contribution is 2.38. The van der Waals surface area contributed by atoms with Crippen LogP contribution in [0.2, 0.25) is 0 Å². The van der Waals surface area contributed by atoms with E-state index >= 15 is 0 Å². The number of hydrogen-bond donors (Lipinski definition) is 1. The van der Waals surface area contributed by atoms with E-state index in [9.17, 15) is 0 Å². The average molecular weight is 301 g/mol. The van der Waals surface area contributed by atoms with Crippen LogP contribution in [0, 0.1) is 11.8 Å². The number of rotatable bonds is 2. The molecule has 1 saturated carbocycles. The molecule has 2 heterocycles. The van der Waals surface area contributed by atoms with Gasteiger partial charge in [0.1, 0.15) is 0 Å². The average Bonchev–Trinajstić information content (AvgIpc) is 2.88. The second kappa shape index (κ2) is 4.41. The van der Waals surface area contributed by atoms with Crippen molar-refractivity contribution in [2.24, 2.45) is 17.6 Å². The van der Waals surface area contributed by atoms with Crippen molar-refractivity contribution in [1.29, 1.82) is 0 Å². The molecule has 1 saturated heterocycles. The molecule has 2 aliphatic rings. The van der Waals surface area contributed by atoms with Crippen LogP contribution in [0.25, 0.3) is 0 Å². The Morgan fingerprint density at radius 2 is 2.25 bits per heavy atom. The van der Waals surface area contributed by atoms with Crippen molar-refractivity contribution in [3.63, 3.8) is 0 Å². The highest BCUT2D eigenvalue weighted by atomic mass is 79.9. The first kappa shape index (κ1) is 11.2. The second-order valence-corrected chi connectivity index (χ2v) is 7.61. The maximum Gasteiger partial charge on any atom is 0.0701 e. The van der Waals surface area contributed by atoms with Crippen molar-refractivity contribution >= 4 is 27.3 Å². The van der Waals surface area contributed by atoms with Gasteiger partial charge in [0.2, 0.25) is 0 Å². The predicted molar refractivity (Wildman–Crippen MR) is 71.5 cm³/mol. The third-order valence-corrected chi connectivity index (χ3v) is 5.60. The molecule has 0 amide bonds. The summed E-state index contributed by atoms with van der Waals surface area (Å²) in [5, 5.41) is 0. The number of hydrogen-bond acceptors (Lipinski definition) is 3. The van der Waals surface area contributed by atoms with Crippen LogP contribution in [0.5, 0.6) is 0 Å². The number of halogens is 1. The molecule has 1 aliphatic carbocycles. The van der Waals surface area contributed by atoms with Crippen LogP contribution in [0.4, 0.5) is 0 Å². The topological polar surface area (TPSA) is 29.3 Å². The molecule has 0 spiro atoms. The van der Waals surface area contributed by atoms with Gasteiger partial charge in [-0.3, -0.25) is 4.90 Å². The first-order valence-electron chi connectivity index (χ1n) is 5.94. The van der Waals surface area contributed by atoms with Gasteiger partial charge in [-0.15, -0.1) is 11.3 Å². The molecule has 2 nitrogen and oxygen atoms in total. The SMILES string of the molecule is NC1CCC2CN(Cc3ccc(Br)s3)CC12. The molecule has 0 aromatic carbocycles. The fourth-order valence-electron chi connectivity index (χ4n) is 3.19.